The van der Waals surface area contributed by atoms with Gasteiger partial charge in [0.2, 0.25) is 0 Å². The van der Waals surface area contributed by atoms with Crippen LogP contribution in [0, 0.1) is 0 Å². The SMILES string of the molecule is C[C@H](O)CN1CCN(CCN2C(=O)NC(C)(C)C2=O)C[C@@H]1C. The maximum Gasteiger partial charge on any atom is 0.325 e. The molecule has 126 valence electrons. The Labute approximate surface area is 132 Å². The van der Waals surface area contributed by atoms with E-state index in [1.54, 1.807) is 20.8 Å². The molecule has 2 rings (SSSR count). The van der Waals surface area contributed by atoms with E-state index in [-0.39, 0.29) is 18.0 Å². The van der Waals surface area contributed by atoms with E-state index in [2.05, 4.69) is 22.0 Å². The lowest BCUT2D eigenvalue weighted by molar-refractivity contribution is -0.130. The fourth-order valence-corrected chi connectivity index (χ4v) is 3.15. The lowest BCUT2D eigenvalue weighted by Gasteiger charge is -2.40. The normalized spacial score (nSPS) is 28.0. The van der Waals surface area contributed by atoms with Gasteiger partial charge >= 0.3 is 6.03 Å². The zero-order chi connectivity index (χ0) is 16.5. The average molecular weight is 312 g/mol. The molecule has 2 saturated heterocycles. The Balaban J connectivity index is 1.82. The van der Waals surface area contributed by atoms with Crippen LogP contribution in [0.2, 0.25) is 0 Å². The van der Waals surface area contributed by atoms with Gasteiger partial charge in [-0.1, -0.05) is 0 Å². The minimum absolute atomic E-state index is 0.154. The Bertz CT molecular complexity index is 439. The van der Waals surface area contributed by atoms with Crippen molar-refractivity contribution in [3.8, 4) is 0 Å². The number of aliphatic hydroxyl groups excluding tert-OH is 1. The molecule has 2 aliphatic heterocycles. The van der Waals surface area contributed by atoms with Crippen LogP contribution in [0.4, 0.5) is 4.79 Å². The first-order valence-corrected chi connectivity index (χ1v) is 7.99. The van der Waals surface area contributed by atoms with E-state index in [9.17, 15) is 14.7 Å². The summed E-state index contributed by atoms with van der Waals surface area (Å²) in [5.74, 6) is -0.154. The van der Waals surface area contributed by atoms with Crippen LogP contribution in [0.15, 0.2) is 0 Å². The topological polar surface area (TPSA) is 76.1 Å². The van der Waals surface area contributed by atoms with Crippen LogP contribution in [-0.4, -0.2) is 88.7 Å². The molecule has 2 fully saturated rings. The number of hydrogen-bond acceptors (Lipinski definition) is 5. The minimum atomic E-state index is -0.791. The van der Waals surface area contributed by atoms with Crippen LogP contribution in [-0.2, 0) is 4.79 Å². The van der Waals surface area contributed by atoms with Gasteiger partial charge < -0.3 is 10.4 Å². The molecule has 2 atom stereocenters. The molecule has 2 N–H and O–H groups in total. The van der Waals surface area contributed by atoms with Gasteiger partial charge in [-0.2, -0.15) is 0 Å². The summed E-state index contributed by atoms with van der Waals surface area (Å²) in [6, 6.07) is 0.0682. The lowest BCUT2D eigenvalue weighted by Crippen LogP contribution is -2.54. The highest BCUT2D eigenvalue weighted by Crippen LogP contribution is 2.17. The zero-order valence-electron chi connectivity index (χ0n) is 14.0. The van der Waals surface area contributed by atoms with Crippen LogP contribution in [0.5, 0.6) is 0 Å². The highest BCUT2D eigenvalue weighted by molar-refractivity contribution is 6.06. The third kappa shape index (κ3) is 3.77. The van der Waals surface area contributed by atoms with Crippen molar-refractivity contribution in [2.75, 3.05) is 39.3 Å². The first kappa shape index (κ1) is 17.2. The smallest absolute Gasteiger partial charge is 0.325 e. The molecule has 0 spiro atoms. The number of nitrogens with one attached hydrogen (secondary N) is 1. The maximum atomic E-state index is 12.1. The first-order chi connectivity index (χ1) is 10.2. The van der Waals surface area contributed by atoms with Gasteiger partial charge in [-0.3, -0.25) is 19.5 Å². The lowest BCUT2D eigenvalue weighted by atomic mass is 10.1. The molecule has 3 amide bonds. The fourth-order valence-electron chi connectivity index (χ4n) is 3.15. The molecule has 0 aromatic carbocycles. The average Bonchev–Trinajstić information content (AvgIpc) is 2.59. The summed E-state index contributed by atoms with van der Waals surface area (Å²) < 4.78 is 0. The molecule has 7 heteroatoms. The van der Waals surface area contributed by atoms with Crippen LogP contribution in [0.25, 0.3) is 0 Å². The molecule has 2 heterocycles. The molecule has 2 aliphatic rings. The van der Waals surface area contributed by atoms with Crippen LogP contribution in [0.1, 0.15) is 27.7 Å². The summed E-state index contributed by atoms with van der Waals surface area (Å²) in [6.07, 6.45) is -0.317. The quantitative estimate of drug-likeness (QED) is 0.682. The monoisotopic (exact) mass is 312 g/mol. The number of urea groups is 1. The molecule has 0 bridgehead atoms. The minimum Gasteiger partial charge on any atom is -0.392 e. The van der Waals surface area contributed by atoms with Gasteiger partial charge in [0.15, 0.2) is 0 Å². The van der Waals surface area contributed by atoms with Crippen LogP contribution >= 0.6 is 0 Å². The van der Waals surface area contributed by atoms with Crippen LogP contribution < -0.4 is 5.32 Å². The Morgan fingerprint density at radius 2 is 2.00 bits per heavy atom. The third-order valence-corrected chi connectivity index (χ3v) is 4.43. The summed E-state index contributed by atoms with van der Waals surface area (Å²) in [7, 11) is 0. The summed E-state index contributed by atoms with van der Waals surface area (Å²) in [5.41, 5.74) is -0.791. The highest BCUT2D eigenvalue weighted by atomic mass is 16.3. The number of carbonyl (C=O) groups excluding carboxylic acids is 2. The predicted octanol–water partition coefficient (Wildman–Crippen LogP) is -0.296. The number of nitrogens with zero attached hydrogens (tertiary/aromatic N) is 3. The highest BCUT2D eigenvalue weighted by Gasteiger charge is 2.44. The van der Waals surface area contributed by atoms with Crippen LogP contribution in [0.3, 0.4) is 0 Å². The zero-order valence-corrected chi connectivity index (χ0v) is 14.0. The van der Waals surface area contributed by atoms with E-state index in [4.69, 9.17) is 0 Å². The second-order valence-electron chi connectivity index (χ2n) is 7.01. The number of β-amino-alcohol motifs (C(OH)–C–C–N with tert-alkyl or cyclic N) is 1. The molecule has 22 heavy (non-hydrogen) atoms. The molecule has 7 nitrogen and oxygen atoms in total. The van der Waals surface area contributed by atoms with Crippen molar-refractivity contribution in [1.29, 1.82) is 0 Å². The molecular formula is C15H28N4O3. The van der Waals surface area contributed by atoms with Gasteiger partial charge in [-0.15, -0.1) is 0 Å². The Kier molecular flexibility index (Phi) is 5.09. The van der Waals surface area contributed by atoms with Gasteiger partial charge in [-0.05, 0) is 27.7 Å². The van der Waals surface area contributed by atoms with Gasteiger partial charge in [0.05, 0.1) is 6.10 Å². The van der Waals surface area contributed by atoms with Crippen molar-refractivity contribution in [2.45, 2.75) is 45.4 Å². The molecule has 0 saturated carbocycles. The van der Waals surface area contributed by atoms with Gasteiger partial charge in [0, 0.05) is 45.3 Å². The van der Waals surface area contributed by atoms with Crippen molar-refractivity contribution in [1.82, 2.24) is 20.0 Å². The van der Waals surface area contributed by atoms with Gasteiger partial charge in [-0.25, -0.2) is 4.79 Å². The standard InChI is InChI=1S/C15H28N4O3/c1-11-9-17(5-7-18(11)10-12(2)20)6-8-19-13(21)15(3,4)16-14(19)22/h11-12,20H,5-10H2,1-4H3,(H,16,22)/t11-,12-/m0/s1. The number of rotatable bonds is 5. The van der Waals surface area contributed by atoms with E-state index in [0.717, 1.165) is 19.6 Å². The van der Waals surface area contributed by atoms with Gasteiger partial charge in [0.25, 0.3) is 5.91 Å². The van der Waals surface area contributed by atoms with E-state index >= 15 is 0 Å². The molecule has 0 aromatic heterocycles. The van der Waals surface area contributed by atoms with Crippen molar-refractivity contribution in [3.63, 3.8) is 0 Å². The number of imide groups is 1. The Hall–Kier alpha value is -1.18. The van der Waals surface area contributed by atoms with Crippen molar-refractivity contribution < 1.29 is 14.7 Å². The summed E-state index contributed by atoms with van der Waals surface area (Å²) in [6.45, 7) is 11.9. The molecule has 0 unspecified atom stereocenters. The van der Waals surface area contributed by atoms with Crippen molar-refractivity contribution >= 4 is 11.9 Å². The number of piperazine rings is 1. The summed E-state index contributed by atoms with van der Waals surface area (Å²) in [4.78, 5) is 29.8. The predicted molar refractivity (Wildman–Crippen MR) is 83.5 cm³/mol. The van der Waals surface area contributed by atoms with E-state index in [0.29, 0.717) is 25.7 Å². The number of amides is 3. The molecular weight excluding hydrogens is 284 g/mol. The van der Waals surface area contributed by atoms with E-state index in [1.165, 1.54) is 4.90 Å². The summed E-state index contributed by atoms with van der Waals surface area (Å²) in [5, 5.41) is 12.2. The molecule has 0 radical (unpaired) electrons. The Morgan fingerprint density at radius 1 is 1.32 bits per heavy atom. The van der Waals surface area contributed by atoms with E-state index < -0.39 is 5.54 Å². The third-order valence-electron chi connectivity index (χ3n) is 4.43. The van der Waals surface area contributed by atoms with E-state index in [1.807, 2.05) is 0 Å². The Morgan fingerprint density at radius 3 is 2.50 bits per heavy atom. The number of aliphatic hydroxyl groups is 1. The molecule has 0 aliphatic carbocycles. The largest absolute Gasteiger partial charge is 0.392 e. The maximum absolute atomic E-state index is 12.1. The van der Waals surface area contributed by atoms with Crippen molar-refractivity contribution in [2.24, 2.45) is 0 Å². The van der Waals surface area contributed by atoms with Gasteiger partial charge in [0.1, 0.15) is 5.54 Å². The number of carbonyl (C=O) groups is 2. The summed E-state index contributed by atoms with van der Waals surface area (Å²) >= 11 is 0. The van der Waals surface area contributed by atoms with Crippen molar-refractivity contribution in [3.05, 3.63) is 0 Å². The second-order valence-corrected chi connectivity index (χ2v) is 7.01. The number of hydrogen-bond donors (Lipinski definition) is 2. The fraction of sp³-hybridized carbons (Fsp3) is 0.867. The second kappa shape index (κ2) is 6.52. The first-order valence-electron chi connectivity index (χ1n) is 7.99. The molecule has 0 aromatic rings.